The van der Waals surface area contributed by atoms with E-state index in [9.17, 15) is 45.3 Å². The first-order chi connectivity index (χ1) is 32.5. The topological polar surface area (TPSA) is 231 Å². The molecule has 0 aliphatic carbocycles. The minimum absolute atomic E-state index is 0.173. The van der Waals surface area contributed by atoms with Gasteiger partial charge in [-0.1, -0.05) is 200 Å². The molecule has 2 heterocycles. The third kappa shape index (κ3) is 28.2. The molecule has 2 aliphatic rings. The number of esters is 2. The molecule has 15 heteroatoms. The van der Waals surface area contributed by atoms with Crippen molar-refractivity contribution in [3.8, 4) is 0 Å². The number of hydrogen-bond acceptors (Lipinski definition) is 15. The predicted octanol–water partition coefficient (Wildman–Crippen LogP) is 8.00. The Morgan fingerprint density at radius 3 is 1.16 bits per heavy atom. The van der Waals surface area contributed by atoms with Crippen LogP contribution in [0.2, 0.25) is 0 Å². The van der Waals surface area contributed by atoms with Gasteiger partial charge in [0.1, 0.15) is 55.4 Å². The second kappa shape index (κ2) is 40.1. The Bertz CT molecular complexity index is 1180. The molecule has 2 aliphatic heterocycles. The molecule has 0 saturated carbocycles. The second-order valence-corrected chi connectivity index (χ2v) is 19.4. The molecule has 0 amide bonds. The van der Waals surface area contributed by atoms with E-state index in [1.54, 1.807) is 0 Å². The van der Waals surface area contributed by atoms with E-state index in [4.69, 9.17) is 28.4 Å². The van der Waals surface area contributed by atoms with Crippen molar-refractivity contribution in [1.29, 1.82) is 0 Å². The van der Waals surface area contributed by atoms with Crippen LogP contribution >= 0.6 is 0 Å². The minimum atomic E-state index is -1.76. The van der Waals surface area contributed by atoms with Crippen molar-refractivity contribution in [2.75, 3.05) is 26.4 Å². The van der Waals surface area contributed by atoms with Crippen LogP contribution in [-0.4, -0.2) is 142 Å². The Hall–Kier alpha value is -1.50. The molecule has 0 radical (unpaired) electrons. The molecule has 2 rings (SSSR count). The third-order valence-electron chi connectivity index (χ3n) is 13.3. The molecular weight excluding hydrogens is 865 g/mol. The van der Waals surface area contributed by atoms with Crippen LogP contribution in [0.4, 0.5) is 0 Å². The van der Waals surface area contributed by atoms with Crippen molar-refractivity contribution in [1.82, 2.24) is 0 Å². The zero-order chi connectivity index (χ0) is 48.9. The number of rotatable bonds is 43. The highest BCUT2D eigenvalue weighted by molar-refractivity contribution is 5.70. The van der Waals surface area contributed by atoms with E-state index in [2.05, 4.69) is 13.8 Å². The fraction of sp³-hybridized carbons (Fsp3) is 0.962. The summed E-state index contributed by atoms with van der Waals surface area (Å²) in [5.41, 5.74) is 0. The van der Waals surface area contributed by atoms with Gasteiger partial charge in [0.15, 0.2) is 18.7 Å². The summed E-state index contributed by atoms with van der Waals surface area (Å²) >= 11 is 0. The molecular formula is C52H98O15. The van der Waals surface area contributed by atoms with Gasteiger partial charge in [0.25, 0.3) is 0 Å². The zero-order valence-electron chi connectivity index (χ0n) is 41.9. The lowest BCUT2D eigenvalue weighted by molar-refractivity contribution is -0.332. The Labute approximate surface area is 404 Å². The number of ether oxygens (including phenoxy) is 6. The lowest BCUT2D eigenvalue weighted by Crippen LogP contribution is -2.61. The highest BCUT2D eigenvalue weighted by atomic mass is 16.7. The number of aliphatic hydroxyl groups excluding tert-OH is 7. The number of hydrogen-bond donors (Lipinski definition) is 7. The first-order valence-corrected chi connectivity index (χ1v) is 27.1. The van der Waals surface area contributed by atoms with Crippen molar-refractivity contribution in [3.05, 3.63) is 0 Å². The van der Waals surface area contributed by atoms with Gasteiger partial charge in [-0.3, -0.25) is 9.59 Å². The molecule has 0 bridgehead atoms. The second-order valence-electron chi connectivity index (χ2n) is 19.4. The molecule has 0 spiro atoms. The fourth-order valence-corrected chi connectivity index (χ4v) is 8.87. The third-order valence-corrected chi connectivity index (χ3v) is 13.3. The van der Waals surface area contributed by atoms with Gasteiger partial charge in [0, 0.05) is 12.8 Å². The number of unbranched alkanes of at least 4 members (excludes halogenated alkanes) is 29. The summed E-state index contributed by atoms with van der Waals surface area (Å²) in [6.07, 6.45) is 21.2. The maximum atomic E-state index is 13.0. The fourth-order valence-electron chi connectivity index (χ4n) is 8.87. The van der Waals surface area contributed by atoms with E-state index in [-0.39, 0.29) is 26.1 Å². The van der Waals surface area contributed by atoms with Crippen molar-refractivity contribution >= 4 is 11.9 Å². The molecule has 0 aromatic heterocycles. The van der Waals surface area contributed by atoms with Gasteiger partial charge in [-0.15, -0.1) is 0 Å². The standard InChI is InChI=1S/C52H98O15/c1-3-5-7-9-11-13-15-17-19-21-22-24-26-28-30-32-34-43(54)62-37-40(65-44(55)35-33-31-29-27-25-23-20-18-16-14-12-10-8-6-4-2)38-63-51-50(61)48(59)46(57)42(67-51)39-64-52-49(60)47(58)45(56)41(36-53)66-52/h40-42,45-53,56-61H,3-39H2,1-2H3/t40-,41-,42-,45+,46+,47?,48?,49?,50?,51-,52+/m1/s1. The largest absolute Gasteiger partial charge is 0.462 e. The highest BCUT2D eigenvalue weighted by Crippen LogP contribution is 2.27. The van der Waals surface area contributed by atoms with Gasteiger partial charge in [-0.25, -0.2) is 0 Å². The van der Waals surface area contributed by atoms with E-state index in [0.717, 1.165) is 38.5 Å². The van der Waals surface area contributed by atoms with Crippen LogP contribution in [0.1, 0.15) is 226 Å². The monoisotopic (exact) mass is 963 g/mol. The van der Waals surface area contributed by atoms with E-state index < -0.39 is 92.7 Å². The normalized spacial score (nSPS) is 25.9. The van der Waals surface area contributed by atoms with E-state index in [1.165, 1.54) is 148 Å². The molecule has 11 atom stereocenters. The zero-order valence-corrected chi connectivity index (χ0v) is 41.9. The summed E-state index contributed by atoms with van der Waals surface area (Å²) in [5, 5.41) is 72.1. The summed E-state index contributed by atoms with van der Waals surface area (Å²) in [6.45, 7) is 2.64. The van der Waals surface area contributed by atoms with E-state index >= 15 is 0 Å². The molecule has 2 saturated heterocycles. The Balaban J connectivity index is 1.78. The molecule has 4 unspecified atom stereocenters. The molecule has 7 N–H and O–H groups in total. The van der Waals surface area contributed by atoms with E-state index in [1.807, 2.05) is 0 Å². The minimum Gasteiger partial charge on any atom is -0.462 e. The maximum Gasteiger partial charge on any atom is 0.306 e. The van der Waals surface area contributed by atoms with Crippen molar-refractivity contribution in [2.45, 2.75) is 293 Å². The van der Waals surface area contributed by atoms with Crippen molar-refractivity contribution < 1.29 is 73.8 Å². The quantitative estimate of drug-likeness (QED) is 0.0227. The van der Waals surface area contributed by atoms with Crippen LogP contribution in [0.3, 0.4) is 0 Å². The summed E-state index contributed by atoms with van der Waals surface area (Å²) in [4.78, 5) is 25.8. The first kappa shape index (κ1) is 61.6. The predicted molar refractivity (Wildman–Crippen MR) is 257 cm³/mol. The van der Waals surface area contributed by atoms with Crippen molar-refractivity contribution in [3.63, 3.8) is 0 Å². The van der Waals surface area contributed by atoms with Gasteiger partial charge in [0.2, 0.25) is 0 Å². The van der Waals surface area contributed by atoms with E-state index in [0.29, 0.717) is 12.8 Å². The summed E-state index contributed by atoms with van der Waals surface area (Å²) in [6, 6.07) is 0. The average Bonchev–Trinajstić information content (AvgIpc) is 3.32. The Morgan fingerprint density at radius 1 is 0.418 bits per heavy atom. The van der Waals surface area contributed by atoms with Crippen LogP contribution in [0.5, 0.6) is 0 Å². The van der Waals surface area contributed by atoms with Gasteiger partial charge in [-0.05, 0) is 12.8 Å². The highest BCUT2D eigenvalue weighted by Gasteiger charge is 2.47. The molecule has 0 aromatic carbocycles. The molecule has 396 valence electrons. The number of aliphatic hydroxyl groups is 7. The van der Waals surface area contributed by atoms with Crippen molar-refractivity contribution in [2.24, 2.45) is 0 Å². The van der Waals surface area contributed by atoms with Gasteiger partial charge < -0.3 is 64.2 Å². The molecule has 67 heavy (non-hydrogen) atoms. The molecule has 15 nitrogen and oxygen atoms in total. The lowest BCUT2D eigenvalue weighted by Gasteiger charge is -2.42. The SMILES string of the molecule is CCCCCCCCCCCCCCCCCCC(=O)OC[C@H](CO[C@@H]1O[C@H](CO[C@H]2O[C@H](CO)[C@H](O)C(O)C2O)[C@H](O)C(O)C1O)OC(=O)CCCCCCCCCCCCCCCCC. The first-order valence-electron chi connectivity index (χ1n) is 27.1. The maximum absolute atomic E-state index is 13.0. The van der Waals surface area contributed by atoms with Crippen LogP contribution in [-0.2, 0) is 38.0 Å². The summed E-state index contributed by atoms with van der Waals surface area (Å²) < 4.78 is 33.6. The number of carbonyl (C=O) groups excluding carboxylic acids is 2. The number of carbonyl (C=O) groups is 2. The average molecular weight is 963 g/mol. The smallest absolute Gasteiger partial charge is 0.306 e. The van der Waals surface area contributed by atoms with Gasteiger partial charge >= 0.3 is 11.9 Å². The lowest BCUT2D eigenvalue weighted by atomic mass is 9.98. The van der Waals surface area contributed by atoms with Gasteiger partial charge in [0.05, 0.1) is 19.8 Å². The molecule has 0 aromatic rings. The summed E-state index contributed by atoms with van der Waals surface area (Å²) in [7, 11) is 0. The van der Waals surface area contributed by atoms with Crippen LogP contribution in [0, 0.1) is 0 Å². The molecule has 2 fully saturated rings. The Morgan fingerprint density at radius 2 is 0.761 bits per heavy atom. The van der Waals surface area contributed by atoms with Crippen LogP contribution < -0.4 is 0 Å². The van der Waals surface area contributed by atoms with Crippen LogP contribution in [0.25, 0.3) is 0 Å². The van der Waals surface area contributed by atoms with Crippen LogP contribution in [0.15, 0.2) is 0 Å². The Kier molecular flexibility index (Phi) is 36.9. The summed E-state index contributed by atoms with van der Waals surface area (Å²) in [5.74, 6) is -0.907. The van der Waals surface area contributed by atoms with Gasteiger partial charge in [-0.2, -0.15) is 0 Å².